The molecule has 0 bridgehead atoms. The first kappa shape index (κ1) is 22.4. The molecule has 2 aromatic rings. The molecule has 1 aliphatic heterocycles. The number of carbonyl (C=O) groups excluding carboxylic acids is 2. The van der Waals surface area contributed by atoms with Gasteiger partial charge in [0.05, 0.1) is 6.04 Å². The number of urea groups is 1. The average molecular weight is 437 g/mol. The van der Waals surface area contributed by atoms with E-state index >= 15 is 0 Å². The van der Waals surface area contributed by atoms with Gasteiger partial charge in [-0.2, -0.15) is 0 Å². The Morgan fingerprint density at radius 2 is 1.81 bits per heavy atom. The Balaban J connectivity index is 1.51. The predicted molar refractivity (Wildman–Crippen MR) is 126 cm³/mol. The van der Waals surface area contributed by atoms with Crippen LogP contribution >= 0.6 is 0 Å². The molecule has 1 N–H and O–H groups in total. The molecule has 6 nitrogen and oxygen atoms in total. The Morgan fingerprint density at radius 1 is 1.06 bits per heavy atom. The van der Waals surface area contributed by atoms with E-state index < -0.39 is 0 Å². The van der Waals surface area contributed by atoms with Gasteiger partial charge in [-0.15, -0.1) is 0 Å². The molecule has 0 saturated heterocycles. The van der Waals surface area contributed by atoms with E-state index in [-0.39, 0.29) is 30.6 Å². The van der Waals surface area contributed by atoms with Crippen LogP contribution in [-0.4, -0.2) is 52.0 Å². The van der Waals surface area contributed by atoms with Gasteiger partial charge in [0.2, 0.25) is 5.91 Å². The van der Waals surface area contributed by atoms with Gasteiger partial charge in [-0.05, 0) is 43.9 Å². The molecular formula is C26H36N4O2. The van der Waals surface area contributed by atoms with E-state index in [1.165, 1.54) is 24.8 Å². The third-order valence-electron chi connectivity index (χ3n) is 6.79. The van der Waals surface area contributed by atoms with E-state index in [0.29, 0.717) is 13.1 Å². The lowest BCUT2D eigenvalue weighted by Crippen LogP contribution is -2.51. The first-order valence-corrected chi connectivity index (χ1v) is 12.1. The summed E-state index contributed by atoms with van der Waals surface area (Å²) in [7, 11) is 0. The van der Waals surface area contributed by atoms with E-state index in [0.717, 1.165) is 37.1 Å². The van der Waals surface area contributed by atoms with E-state index in [1.807, 2.05) is 17.9 Å². The van der Waals surface area contributed by atoms with E-state index in [9.17, 15) is 9.59 Å². The molecule has 1 fully saturated rings. The van der Waals surface area contributed by atoms with Crippen molar-refractivity contribution in [2.75, 3.05) is 19.6 Å². The quantitative estimate of drug-likeness (QED) is 0.726. The number of nitrogens with zero attached hydrogens (tertiary/aromatic N) is 3. The monoisotopic (exact) mass is 436 g/mol. The van der Waals surface area contributed by atoms with Gasteiger partial charge in [0.15, 0.2) is 0 Å². The lowest BCUT2D eigenvalue weighted by Gasteiger charge is -2.38. The molecule has 1 aromatic carbocycles. The molecule has 1 atom stereocenters. The van der Waals surface area contributed by atoms with Crippen molar-refractivity contribution in [3.05, 3.63) is 59.4 Å². The molecule has 6 heteroatoms. The third kappa shape index (κ3) is 5.00. The number of aromatic nitrogens is 1. The standard InChI is InChI=1S/C26H36N4O2/c1-3-15-29(26(32)27-22-8-5-4-6-9-22)19-24(31)30-18-17-28-16-7-10-23(28)25(30)21-13-11-20(2)12-14-21/h7,10-14,16,22,25H,3-6,8-9,15,17-19H2,1-2H3,(H,27,32). The van der Waals surface area contributed by atoms with Crippen molar-refractivity contribution in [1.82, 2.24) is 19.7 Å². The Kier molecular flexibility index (Phi) is 7.18. The lowest BCUT2D eigenvalue weighted by molar-refractivity contribution is -0.134. The minimum atomic E-state index is -0.128. The molecule has 1 aliphatic carbocycles. The highest BCUT2D eigenvalue weighted by molar-refractivity contribution is 5.85. The van der Waals surface area contributed by atoms with Crippen LogP contribution in [0.2, 0.25) is 0 Å². The molecule has 1 saturated carbocycles. The molecule has 1 unspecified atom stereocenters. The Bertz CT molecular complexity index is 914. The molecule has 2 heterocycles. The zero-order valence-corrected chi connectivity index (χ0v) is 19.4. The zero-order chi connectivity index (χ0) is 22.5. The van der Waals surface area contributed by atoms with Gasteiger partial charge >= 0.3 is 6.03 Å². The van der Waals surface area contributed by atoms with Crippen molar-refractivity contribution >= 4 is 11.9 Å². The number of fused-ring (bicyclic) bond motifs is 1. The van der Waals surface area contributed by atoms with E-state index in [2.05, 4.69) is 53.3 Å². The fraction of sp³-hybridized carbons (Fsp3) is 0.538. The molecule has 3 amide bonds. The van der Waals surface area contributed by atoms with Gasteiger partial charge in [0.25, 0.3) is 0 Å². The van der Waals surface area contributed by atoms with Crippen LogP contribution in [0.15, 0.2) is 42.6 Å². The maximum absolute atomic E-state index is 13.6. The van der Waals surface area contributed by atoms with Crippen molar-refractivity contribution in [3.63, 3.8) is 0 Å². The van der Waals surface area contributed by atoms with Crippen LogP contribution in [0.1, 0.15) is 68.3 Å². The summed E-state index contributed by atoms with van der Waals surface area (Å²) in [5.41, 5.74) is 3.44. The maximum Gasteiger partial charge on any atom is 0.318 e. The van der Waals surface area contributed by atoms with Crippen molar-refractivity contribution in [1.29, 1.82) is 0 Å². The van der Waals surface area contributed by atoms with Crippen LogP contribution in [0.5, 0.6) is 0 Å². The van der Waals surface area contributed by atoms with Gasteiger partial charge in [0, 0.05) is 37.6 Å². The number of nitrogens with one attached hydrogen (secondary N) is 1. The average Bonchev–Trinajstić information content (AvgIpc) is 3.28. The first-order valence-electron chi connectivity index (χ1n) is 12.1. The molecule has 32 heavy (non-hydrogen) atoms. The highest BCUT2D eigenvalue weighted by atomic mass is 16.2. The molecular weight excluding hydrogens is 400 g/mol. The van der Waals surface area contributed by atoms with Gasteiger partial charge in [-0.25, -0.2) is 4.79 Å². The number of carbonyl (C=O) groups is 2. The molecule has 0 spiro atoms. The fourth-order valence-electron chi connectivity index (χ4n) is 5.04. The first-order chi connectivity index (χ1) is 15.6. The number of hydrogen-bond donors (Lipinski definition) is 1. The van der Waals surface area contributed by atoms with E-state index in [4.69, 9.17) is 0 Å². The highest BCUT2D eigenvalue weighted by Gasteiger charge is 2.33. The summed E-state index contributed by atoms with van der Waals surface area (Å²) in [5, 5.41) is 3.18. The summed E-state index contributed by atoms with van der Waals surface area (Å²) >= 11 is 0. The van der Waals surface area contributed by atoms with Crippen molar-refractivity contribution < 1.29 is 9.59 Å². The van der Waals surface area contributed by atoms with Crippen LogP contribution < -0.4 is 5.32 Å². The zero-order valence-electron chi connectivity index (χ0n) is 19.4. The van der Waals surface area contributed by atoms with Crippen molar-refractivity contribution in [3.8, 4) is 0 Å². The Morgan fingerprint density at radius 3 is 2.53 bits per heavy atom. The number of amides is 3. The molecule has 172 valence electrons. The topological polar surface area (TPSA) is 57.6 Å². The Hall–Kier alpha value is -2.76. The van der Waals surface area contributed by atoms with Crippen LogP contribution in [0.3, 0.4) is 0 Å². The smallest absolute Gasteiger partial charge is 0.318 e. The molecule has 0 radical (unpaired) electrons. The van der Waals surface area contributed by atoms with Crippen LogP contribution in [0.25, 0.3) is 0 Å². The summed E-state index contributed by atoms with van der Waals surface area (Å²) in [5.74, 6) is 0.00951. The molecule has 1 aromatic heterocycles. The van der Waals surface area contributed by atoms with Crippen LogP contribution in [0.4, 0.5) is 4.79 Å². The van der Waals surface area contributed by atoms with Gasteiger partial charge in [0.1, 0.15) is 6.54 Å². The number of rotatable bonds is 6. The molecule has 4 rings (SSSR count). The van der Waals surface area contributed by atoms with Crippen LogP contribution in [0, 0.1) is 6.92 Å². The highest BCUT2D eigenvalue weighted by Crippen LogP contribution is 2.32. The van der Waals surface area contributed by atoms with Crippen molar-refractivity contribution in [2.45, 2.75) is 71.0 Å². The van der Waals surface area contributed by atoms with Crippen molar-refractivity contribution in [2.24, 2.45) is 0 Å². The second kappa shape index (κ2) is 10.2. The maximum atomic E-state index is 13.6. The predicted octanol–water partition coefficient (Wildman–Crippen LogP) is 4.48. The largest absolute Gasteiger partial charge is 0.348 e. The van der Waals surface area contributed by atoms with Gasteiger partial charge in [-0.1, -0.05) is 56.0 Å². The number of aryl methyl sites for hydroxylation is 1. The van der Waals surface area contributed by atoms with E-state index in [1.54, 1.807) is 4.90 Å². The number of benzene rings is 1. The second-order valence-corrected chi connectivity index (χ2v) is 9.23. The molecule has 2 aliphatic rings. The lowest BCUT2D eigenvalue weighted by atomic mass is 9.96. The summed E-state index contributed by atoms with van der Waals surface area (Å²) < 4.78 is 2.23. The van der Waals surface area contributed by atoms with Gasteiger partial charge < -0.3 is 19.7 Å². The second-order valence-electron chi connectivity index (χ2n) is 9.23. The van der Waals surface area contributed by atoms with Gasteiger partial charge in [-0.3, -0.25) is 4.79 Å². The normalized spacial score (nSPS) is 18.8. The summed E-state index contributed by atoms with van der Waals surface area (Å²) in [6, 6.07) is 12.6. The number of hydrogen-bond acceptors (Lipinski definition) is 2. The summed E-state index contributed by atoms with van der Waals surface area (Å²) in [4.78, 5) is 30.2. The summed E-state index contributed by atoms with van der Waals surface area (Å²) in [6.45, 7) is 6.25. The fourth-order valence-corrected chi connectivity index (χ4v) is 5.04. The third-order valence-corrected chi connectivity index (χ3v) is 6.79. The minimum absolute atomic E-state index is 0.00951. The van der Waals surface area contributed by atoms with Crippen LogP contribution in [-0.2, 0) is 11.3 Å². The SMILES string of the molecule is CCCN(CC(=O)N1CCn2cccc2C1c1ccc(C)cc1)C(=O)NC1CCCCC1. The minimum Gasteiger partial charge on any atom is -0.348 e. The summed E-state index contributed by atoms with van der Waals surface area (Å²) in [6.07, 6.45) is 8.58. The Labute approximate surface area is 191 Å².